The molecule has 0 radical (unpaired) electrons. The van der Waals surface area contributed by atoms with Gasteiger partial charge >= 0.3 is 0 Å². The zero-order valence-electron chi connectivity index (χ0n) is 15.4. The van der Waals surface area contributed by atoms with Gasteiger partial charge in [-0.3, -0.25) is 9.48 Å². The molecule has 0 atom stereocenters. The van der Waals surface area contributed by atoms with Gasteiger partial charge < -0.3 is 14.1 Å². The predicted octanol–water partition coefficient (Wildman–Crippen LogP) is 3.00. The lowest BCUT2D eigenvalue weighted by Gasteiger charge is -2.23. The quantitative estimate of drug-likeness (QED) is 0.612. The van der Waals surface area contributed by atoms with E-state index in [1.54, 1.807) is 11.1 Å². The molecule has 4 rings (SSSR count). The second-order valence-electron chi connectivity index (χ2n) is 6.59. The standard InChI is InChI=1S/C20H21N5O3/c1-2-19(26)24(18-5-3-4-16(10-18)20-23-21-14-28-20)12-15-11-22-25(13-15)17-6-8-27-9-7-17/h2-5,10-11,13-14,17H,1,6-9,12H2. The van der Waals surface area contributed by atoms with Crippen molar-refractivity contribution in [2.45, 2.75) is 25.4 Å². The topological polar surface area (TPSA) is 86.3 Å². The van der Waals surface area contributed by atoms with Gasteiger partial charge in [-0.15, -0.1) is 10.2 Å². The molecule has 8 heteroatoms. The smallest absolute Gasteiger partial charge is 0.250 e. The minimum absolute atomic E-state index is 0.193. The molecule has 0 spiro atoms. The summed E-state index contributed by atoms with van der Waals surface area (Å²) in [6, 6.07) is 7.76. The number of rotatable bonds is 6. The van der Waals surface area contributed by atoms with Crippen molar-refractivity contribution in [2.75, 3.05) is 18.1 Å². The number of hydrogen-bond donors (Lipinski definition) is 0. The zero-order valence-corrected chi connectivity index (χ0v) is 15.4. The van der Waals surface area contributed by atoms with Gasteiger partial charge in [-0.1, -0.05) is 12.6 Å². The molecule has 1 amide bonds. The van der Waals surface area contributed by atoms with Crippen molar-refractivity contribution in [3.8, 4) is 11.5 Å². The normalized spacial score (nSPS) is 14.7. The van der Waals surface area contributed by atoms with Crippen LogP contribution in [0.1, 0.15) is 24.4 Å². The Bertz CT molecular complexity index is 944. The SMILES string of the molecule is C=CC(=O)N(Cc1cnn(C2CCOCC2)c1)c1cccc(-c2nnco2)c1. The van der Waals surface area contributed by atoms with Crippen molar-refractivity contribution >= 4 is 11.6 Å². The molecule has 1 saturated heterocycles. The lowest BCUT2D eigenvalue weighted by Crippen LogP contribution is -2.28. The molecule has 1 aliphatic rings. The van der Waals surface area contributed by atoms with Crippen molar-refractivity contribution in [2.24, 2.45) is 0 Å². The summed E-state index contributed by atoms with van der Waals surface area (Å²) in [6.45, 7) is 5.53. The van der Waals surface area contributed by atoms with Gasteiger partial charge in [0.25, 0.3) is 5.91 Å². The summed E-state index contributed by atoms with van der Waals surface area (Å²) >= 11 is 0. The van der Waals surface area contributed by atoms with Crippen LogP contribution in [-0.4, -0.2) is 39.1 Å². The molecular formula is C20H21N5O3. The third-order valence-corrected chi connectivity index (χ3v) is 4.77. The Hall–Kier alpha value is -3.26. The maximum Gasteiger partial charge on any atom is 0.250 e. The van der Waals surface area contributed by atoms with Crippen LogP contribution in [0.15, 0.2) is 60.1 Å². The average Bonchev–Trinajstić information content (AvgIpc) is 3.44. The highest BCUT2D eigenvalue weighted by Crippen LogP contribution is 2.26. The van der Waals surface area contributed by atoms with Crippen LogP contribution in [0.4, 0.5) is 5.69 Å². The van der Waals surface area contributed by atoms with E-state index in [1.807, 2.05) is 35.1 Å². The van der Waals surface area contributed by atoms with Crippen molar-refractivity contribution in [3.05, 3.63) is 61.3 Å². The fourth-order valence-electron chi connectivity index (χ4n) is 3.30. The molecule has 1 aliphatic heterocycles. The van der Waals surface area contributed by atoms with Crippen LogP contribution in [0.5, 0.6) is 0 Å². The number of amides is 1. The Kier molecular flexibility index (Phi) is 5.29. The first kappa shape index (κ1) is 18.1. The number of anilines is 1. The summed E-state index contributed by atoms with van der Waals surface area (Å²) in [6.07, 6.45) is 8.29. The largest absolute Gasteiger partial charge is 0.423 e. The number of hydrogen-bond acceptors (Lipinski definition) is 6. The molecule has 1 fully saturated rings. The van der Waals surface area contributed by atoms with Crippen LogP contribution in [0, 0.1) is 0 Å². The Labute approximate surface area is 162 Å². The van der Waals surface area contributed by atoms with Gasteiger partial charge in [0.15, 0.2) is 0 Å². The van der Waals surface area contributed by atoms with Crippen molar-refractivity contribution in [3.63, 3.8) is 0 Å². The number of aromatic nitrogens is 4. The number of nitrogens with zero attached hydrogens (tertiary/aromatic N) is 5. The minimum atomic E-state index is -0.193. The molecule has 144 valence electrons. The van der Waals surface area contributed by atoms with E-state index in [0.29, 0.717) is 18.5 Å². The first-order valence-electron chi connectivity index (χ1n) is 9.16. The molecule has 0 bridgehead atoms. The van der Waals surface area contributed by atoms with E-state index in [1.165, 1.54) is 12.5 Å². The highest BCUT2D eigenvalue weighted by atomic mass is 16.5. The van der Waals surface area contributed by atoms with Gasteiger partial charge in [0.05, 0.1) is 18.8 Å². The molecule has 1 aromatic carbocycles. The van der Waals surface area contributed by atoms with E-state index in [-0.39, 0.29) is 5.91 Å². The van der Waals surface area contributed by atoms with Crippen LogP contribution in [-0.2, 0) is 16.1 Å². The highest BCUT2D eigenvalue weighted by molar-refractivity contribution is 6.01. The fourth-order valence-corrected chi connectivity index (χ4v) is 3.30. The number of carbonyl (C=O) groups excluding carboxylic acids is 1. The first-order valence-corrected chi connectivity index (χ1v) is 9.16. The molecule has 28 heavy (non-hydrogen) atoms. The third kappa shape index (κ3) is 3.86. The second kappa shape index (κ2) is 8.18. The average molecular weight is 379 g/mol. The van der Waals surface area contributed by atoms with Crippen LogP contribution in [0.3, 0.4) is 0 Å². The number of carbonyl (C=O) groups is 1. The van der Waals surface area contributed by atoms with Crippen molar-refractivity contribution in [1.82, 2.24) is 20.0 Å². The molecule has 0 unspecified atom stereocenters. The summed E-state index contributed by atoms with van der Waals surface area (Å²) < 4.78 is 12.7. The monoisotopic (exact) mass is 379 g/mol. The van der Waals surface area contributed by atoms with Crippen LogP contribution < -0.4 is 4.90 Å². The molecule has 0 aliphatic carbocycles. The lowest BCUT2D eigenvalue weighted by atomic mass is 10.1. The Balaban J connectivity index is 1.57. The summed E-state index contributed by atoms with van der Waals surface area (Å²) in [4.78, 5) is 14.2. The second-order valence-corrected chi connectivity index (χ2v) is 6.59. The first-order chi connectivity index (χ1) is 13.7. The van der Waals surface area contributed by atoms with E-state index >= 15 is 0 Å². The molecule has 8 nitrogen and oxygen atoms in total. The predicted molar refractivity (Wildman–Crippen MR) is 102 cm³/mol. The molecule has 3 heterocycles. The summed E-state index contributed by atoms with van der Waals surface area (Å²) in [7, 11) is 0. The Morgan fingerprint density at radius 1 is 1.36 bits per heavy atom. The van der Waals surface area contributed by atoms with E-state index in [0.717, 1.165) is 42.9 Å². The van der Waals surface area contributed by atoms with Gasteiger partial charge in [-0.05, 0) is 37.1 Å². The summed E-state index contributed by atoms with van der Waals surface area (Å²) in [5.74, 6) is 0.210. The zero-order chi connectivity index (χ0) is 19.3. The van der Waals surface area contributed by atoms with Gasteiger partial charge in [-0.25, -0.2) is 0 Å². The fraction of sp³-hybridized carbons (Fsp3) is 0.300. The number of ether oxygens (including phenoxy) is 1. The van der Waals surface area contributed by atoms with Gasteiger partial charge in [-0.2, -0.15) is 5.10 Å². The Morgan fingerprint density at radius 3 is 2.96 bits per heavy atom. The van der Waals surface area contributed by atoms with Crippen molar-refractivity contribution in [1.29, 1.82) is 0 Å². The highest BCUT2D eigenvalue weighted by Gasteiger charge is 2.19. The van der Waals surface area contributed by atoms with E-state index in [2.05, 4.69) is 21.9 Å². The molecular weight excluding hydrogens is 358 g/mol. The maximum atomic E-state index is 12.5. The number of benzene rings is 1. The van der Waals surface area contributed by atoms with Gasteiger partial charge in [0.1, 0.15) is 0 Å². The van der Waals surface area contributed by atoms with Crippen molar-refractivity contribution < 1.29 is 13.9 Å². The molecule has 0 N–H and O–H groups in total. The molecule has 2 aromatic heterocycles. The van der Waals surface area contributed by atoms with Crippen LogP contribution in [0.25, 0.3) is 11.5 Å². The minimum Gasteiger partial charge on any atom is -0.423 e. The van der Waals surface area contributed by atoms with E-state index < -0.39 is 0 Å². The van der Waals surface area contributed by atoms with E-state index in [4.69, 9.17) is 9.15 Å². The van der Waals surface area contributed by atoms with Crippen LogP contribution >= 0.6 is 0 Å². The summed E-state index contributed by atoms with van der Waals surface area (Å²) in [5, 5.41) is 12.1. The maximum absolute atomic E-state index is 12.5. The molecule has 0 saturated carbocycles. The Morgan fingerprint density at radius 2 is 2.21 bits per heavy atom. The third-order valence-electron chi connectivity index (χ3n) is 4.77. The van der Waals surface area contributed by atoms with Crippen LogP contribution in [0.2, 0.25) is 0 Å². The van der Waals surface area contributed by atoms with Gasteiger partial charge in [0, 0.05) is 36.2 Å². The molecule has 3 aromatic rings. The van der Waals surface area contributed by atoms with E-state index in [9.17, 15) is 4.79 Å². The summed E-state index contributed by atoms with van der Waals surface area (Å²) in [5.41, 5.74) is 2.42. The van der Waals surface area contributed by atoms with Gasteiger partial charge in [0.2, 0.25) is 12.3 Å². The lowest BCUT2D eigenvalue weighted by molar-refractivity contribution is -0.114.